The molecule has 2 aromatic rings. The number of aromatic amines is 1. The number of urea groups is 1. The van der Waals surface area contributed by atoms with E-state index in [1.807, 2.05) is 43.5 Å². The Hall–Kier alpha value is -2.89. The molecule has 1 aromatic carbocycles. The molecule has 0 radical (unpaired) electrons. The fraction of sp³-hybridized carbons (Fsp3) is 0.133. The summed E-state index contributed by atoms with van der Waals surface area (Å²) in [4.78, 5) is 14.8. The molecule has 108 valence electrons. The molecule has 0 aliphatic carbocycles. The number of rotatable bonds is 3. The van der Waals surface area contributed by atoms with Gasteiger partial charge >= 0.3 is 6.03 Å². The molecule has 3 N–H and O–H groups in total. The normalized spacial score (nSPS) is 12.1. The van der Waals surface area contributed by atoms with E-state index in [4.69, 9.17) is 0 Å². The second kappa shape index (κ2) is 7.04. The average molecular weight is 283 g/mol. The van der Waals surface area contributed by atoms with Crippen LogP contribution in [0.5, 0.6) is 0 Å². The Bertz CT molecular complexity index is 644. The van der Waals surface area contributed by atoms with Crippen molar-refractivity contribution in [1.82, 2.24) is 10.3 Å². The van der Waals surface area contributed by atoms with E-state index in [1.165, 1.54) is 0 Å². The predicted octanol–water partition coefficient (Wildman–Crippen LogP) is 2.98. The van der Waals surface area contributed by atoms with Crippen molar-refractivity contribution >= 4 is 23.3 Å². The Morgan fingerprint density at radius 2 is 1.81 bits per heavy atom. The first-order chi connectivity index (χ1) is 10.1. The molecule has 6 nitrogen and oxygen atoms in total. The minimum Gasteiger partial charge on any atom is -0.360 e. The highest BCUT2D eigenvalue weighted by molar-refractivity contribution is 6.03. The molecule has 0 fully saturated rings. The minimum atomic E-state index is -0.352. The summed E-state index contributed by atoms with van der Waals surface area (Å²) < 4.78 is 0. The quantitative estimate of drug-likeness (QED) is 0.452. The fourth-order valence-electron chi connectivity index (χ4n) is 1.63. The third kappa shape index (κ3) is 4.61. The van der Waals surface area contributed by atoms with Crippen LogP contribution in [0.1, 0.15) is 19.5 Å². The van der Waals surface area contributed by atoms with Crippen molar-refractivity contribution in [1.29, 1.82) is 0 Å². The van der Waals surface area contributed by atoms with Gasteiger partial charge in [0.05, 0.1) is 11.4 Å². The van der Waals surface area contributed by atoms with Gasteiger partial charge in [0.15, 0.2) is 0 Å². The van der Waals surface area contributed by atoms with Crippen molar-refractivity contribution in [3.8, 4) is 0 Å². The lowest BCUT2D eigenvalue weighted by Crippen LogP contribution is -2.32. The third-order valence-corrected chi connectivity index (χ3v) is 2.66. The summed E-state index contributed by atoms with van der Waals surface area (Å²) in [5.74, 6) is 0.411. The molecule has 1 aromatic heterocycles. The van der Waals surface area contributed by atoms with E-state index in [1.54, 1.807) is 19.1 Å². The molecule has 21 heavy (non-hydrogen) atoms. The molecular weight excluding hydrogens is 266 g/mol. The Morgan fingerprint density at radius 1 is 1.05 bits per heavy atom. The minimum absolute atomic E-state index is 0.352. The number of aromatic nitrogens is 1. The number of anilines is 1. The number of nitrogens with one attached hydrogen (secondary N) is 3. The fourth-order valence-corrected chi connectivity index (χ4v) is 1.63. The maximum Gasteiger partial charge on any atom is 0.324 e. The van der Waals surface area contributed by atoms with Crippen LogP contribution in [0.4, 0.5) is 10.5 Å². The Morgan fingerprint density at radius 3 is 2.48 bits per heavy atom. The van der Waals surface area contributed by atoms with Gasteiger partial charge in [-0.05, 0) is 38.1 Å². The smallest absolute Gasteiger partial charge is 0.324 e. The van der Waals surface area contributed by atoms with Crippen LogP contribution in [0, 0.1) is 0 Å². The first-order valence-corrected chi connectivity index (χ1v) is 6.51. The zero-order valence-corrected chi connectivity index (χ0v) is 11.9. The number of carbonyl (C=O) groups is 1. The number of benzene rings is 1. The molecular formula is C15H17N5O. The van der Waals surface area contributed by atoms with Gasteiger partial charge in [0, 0.05) is 11.9 Å². The summed E-state index contributed by atoms with van der Waals surface area (Å²) in [6.45, 7) is 3.52. The van der Waals surface area contributed by atoms with Gasteiger partial charge in [-0.3, -0.25) is 5.32 Å². The molecule has 0 unspecified atom stereocenters. The number of para-hydroxylation sites is 1. The van der Waals surface area contributed by atoms with Crippen LogP contribution in [-0.2, 0) is 0 Å². The maximum absolute atomic E-state index is 11.7. The maximum atomic E-state index is 11.7. The van der Waals surface area contributed by atoms with Gasteiger partial charge in [0.25, 0.3) is 0 Å². The first kappa shape index (κ1) is 14.5. The van der Waals surface area contributed by atoms with Gasteiger partial charge in [-0.25, -0.2) is 4.79 Å². The standard InChI is InChI=1S/C15H17N5O/c1-11(14-9-6-10-16-14)19-20-12(2)17-15(21)18-13-7-4-3-5-8-13/h3-10,16H,1-2H3,(H2,17,18,20,21)/b19-11+. The zero-order chi connectivity index (χ0) is 15.1. The summed E-state index contributed by atoms with van der Waals surface area (Å²) in [5.41, 5.74) is 2.35. The van der Waals surface area contributed by atoms with Crippen LogP contribution in [0.2, 0.25) is 0 Å². The van der Waals surface area contributed by atoms with Crippen molar-refractivity contribution in [3.05, 3.63) is 54.4 Å². The van der Waals surface area contributed by atoms with E-state index in [0.717, 1.165) is 11.4 Å². The van der Waals surface area contributed by atoms with E-state index in [9.17, 15) is 4.79 Å². The van der Waals surface area contributed by atoms with E-state index in [0.29, 0.717) is 11.5 Å². The molecule has 1 heterocycles. The Labute approximate surface area is 123 Å². The average Bonchev–Trinajstić information content (AvgIpc) is 3.00. The summed E-state index contributed by atoms with van der Waals surface area (Å²) in [5, 5.41) is 13.3. The number of amidine groups is 1. The van der Waals surface area contributed by atoms with E-state index < -0.39 is 0 Å². The molecule has 0 saturated heterocycles. The van der Waals surface area contributed by atoms with Crippen LogP contribution in [0.3, 0.4) is 0 Å². The Kier molecular flexibility index (Phi) is 4.87. The number of hydrogen-bond donors (Lipinski definition) is 3. The van der Waals surface area contributed by atoms with Gasteiger partial charge < -0.3 is 10.3 Å². The second-order valence-electron chi connectivity index (χ2n) is 4.40. The molecule has 6 heteroatoms. The molecule has 0 spiro atoms. The molecule has 0 aliphatic rings. The molecule has 2 amide bonds. The SMILES string of the molecule is C/C(=N\N=C(/C)c1ccc[nH]1)NC(=O)Nc1ccccc1. The molecule has 2 rings (SSSR count). The summed E-state index contributed by atoms with van der Waals surface area (Å²) in [7, 11) is 0. The topological polar surface area (TPSA) is 81.6 Å². The van der Waals surface area contributed by atoms with Crippen LogP contribution < -0.4 is 10.6 Å². The third-order valence-electron chi connectivity index (χ3n) is 2.66. The van der Waals surface area contributed by atoms with Gasteiger partial charge in [0.1, 0.15) is 5.84 Å². The number of nitrogens with zero attached hydrogens (tertiary/aromatic N) is 2. The van der Waals surface area contributed by atoms with Crippen LogP contribution in [-0.4, -0.2) is 22.6 Å². The van der Waals surface area contributed by atoms with Gasteiger partial charge in [0.2, 0.25) is 0 Å². The molecule has 0 atom stereocenters. The van der Waals surface area contributed by atoms with Crippen molar-refractivity contribution in [3.63, 3.8) is 0 Å². The number of carbonyl (C=O) groups excluding carboxylic acids is 1. The number of H-pyrrole nitrogens is 1. The van der Waals surface area contributed by atoms with E-state index in [2.05, 4.69) is 25.8 Å². The van der Waals surface area contributed by atoms with Crippen molar-refractivity contribution < 1.29 is 4.79 Å². The predicted molar refractivity (Wildman–Crippen MR) is 84.7 cm³/mol. The highest BCUT2D eigenvalue weighted by atomic mass is 16.2. The molecule has 0 aliphatic heterocycles. The van der Waals surface area contributed by atoms with E-state index in [-0.39, 0.29) is 6.03 Å². The molecule has 0 bridgehead atoms. The summed E-state index contributed by atoms with van der Waals surface area (Å²) >= 11 is 0. The molecule has 0 saturated carbocycles. The highest BCUT2D eigenvalue weighted by Crippen LogP contribution is 2.04. The van der Waals surface area contributed by atoms with Gasteiger partial charge in [-0.2, -0.15) is 5.10 Å². The van der Waals surface area contributed by atoms with Crippen LogP contribution in [0.25, 0.3) is 0 Å². The summed E-state index contributed by atoms with van der Waals surface area (Å²) in [6.07, 6.45) is 1.82. The lowest BCUT2D eigenvalue weighted by molar-refractivity contribution is 0.256. The van der Waals surface area contributed by atoms with Gasteiger partial charge in [-0.15, -0.1) is 5.10 Å². The van der Waals surface area contributed by atoms with Crippen molar-refractivity contribution in [2.24, 2.45) is 10.2 Å². The summed E-state index contributed by atoms with van der Waals surface area (Å²) in [6, 6.07) is 12.6. The van der Waals surface area contributed by atoms with E-state index >= 15 is 0 Å². The van der Waals surface area contributed by atoms with Crippen LogP contribution >= 0.6 is 0 Å². The van der Waals surface area contributed by atoms with Gasteiger partial charge in [-0.1, -0.05) is 18.2 Å². The number of hydrogen-bond acceptors (Lipinski definition) is 3. The monoisotopic (exact) mass is 283 g/mol. The lowest BCUT2D eigenvalue weighted by atomic mass is 10.3. The Balaban J connectivity index is 1.91. The van der Waals surface area contributed by atoms with Crippen molar-refractivity contribution in [2.75, 3.05) is 5.32 Å². The number of amides is 2. The first-order valence-electron chi connectivity index (χ1n) is 6.51. The van der Waals surface area contributed by atoms with Crippen molar-refractivity contribution in [2.45, 2.75) is 13.8 Å². The largest absolute Gasteiger partial charge is 0.360 e. The highest BCUT2D eigenvalue weighted by Gasteiger charge is 2.02. The second-order valence-corrected chi connectivity index (χ2v) is 4.40. The zero-order valence-electron chi connectivity index (χ0n) is 11.9. The lowest BCUT2D eigenvalue weighted by Gasteiger charge is -2.05. The van der Waals surface area contributed by atoms with Crippen LogP contribution in [0.15, 0.2) is 58.9 Å².